The summed E-state index contributed by atoms with van der Waals surface area (Å²) in [6.45, 7) is 0. The molecule has 0 aliphatic carbocycles. The van der Waals surface area contributed by atoms with Crippen molar-refractivity contribution in [2.24, 2.45) is 0 Å². The second kappa shape index (κ2) is 7.08. The number of carboxylic acids is 1. The molecule has 2 heterocycles. The Bertz CT molecular complexity index is 1090. The summed E-state index contributed by atoms with van der Waals surface area (Å²) in [6.07, 6.45) is 2.25. The van der Waals surface area contributed by atoms with Crippen LogP contribution in [0.1, 0.15) is 21.7 Å². The highest BCUT2D eigenvalue weighted by atomic mass is 16.5. The number of nitrogens with one attached hydrogen (secondary N) is 2. The van der Waals surface area contributed by atoms with Gasteiger partial charge < -0.3 is 20.1 Å². The molecule has 0 radical (unpaired) electrons. The van der Waals surface area contributed by atoms with Gasteiger partial charge in [0.2, 0.25) is 0 Å². The molecule has 0 fully saturated rings. The molecular formula is C22H18N2O4. The van der Waals surface area contributed by atoms with Gasteiger partial charge in [0.25, 0.3) is 5.91 Å². The first kappa shape index (κ1) is 17.6. The van der Waals surface area contributed by atoms with Crippen molar-refractivity contribution in [1.82, 2.24) is 4.98 Å². The van der Waals surface area contributed by atoms with Crippen LogP contribution in [0.4, 0.5) is 5.69 Å². The van der Waals surface area contributed by atoms with Crippen molar-refractivity contribution in [3.05, 3.63) is 77.6 Å². The molecule has 3 N–H and O–H groups in total. The van der Waals surface area contributed by atoms with Crippen LogP contribution in [0, 0.1) is 0 Å². The Morgan fingerprint density at radius 1 is 1.11 bits per heavy atom. The number of anilines is 1. The van der Waals surface area contributed by atoms with E-state index >= 15 is 0 Å². The molecule has 1 aromatic heterocycles. The molecule has 1 aliphatic rings. The van der Waals surface area contributed by atoms with Crippen molar-refractivity contribution < 1.29 is 19.4 Å². The molecular weight excluding hydrogens is 356 g/mol. The van der Waals surface area contributed by atoms with E-state index in [0.29, 0.717) is 12.0 Å². The molecule has 1 amide bonds. The van der Waals surface area contributed by atoms with Crippen molar-refractivity contribution in [2.75, 3.05) is 12.4 Å². The molecule has 0 unspecified atom stereocenters. The second-order valence-corrected chi connectivity index (χ2v) is 6.44. The average molecular weight is 374 g/mol. The van der Waals surface area contributed by atoms with Crippen LogP contribution < -0.4 is 10.1 Å². The number of carbonyl (C=O) groups is 2. The van der Waals surface area contributed by atoms with Crippen LogP contribution in [0.25, 0.3) is 16.7 Å². The minimum Gasteiger partial charge on any atom is -0.497 e. The SMILES string of the molecule is COc1ccc(-c2cccc3c2/C(=C/Cc2ccc(C(=O)O)[nH]2)C(=O)N3)cc1. The summed E-state index contributed by atoms with van der Waals surface area (Å²) in [6, 6.07) is 16.7. The number of amides is 1. The maximum atomic E-state index is 12.5. The molecule has 3 aromatic rings. The molecule has 0 bridgehead atoms. The molecule has 0 spiro atoms. The van der Waals surface area contributed by atoms with Gasteiger partial charge in [0, 0.05) is 28.9 Å². The van der Waals surface area contributed by atoms with E-state index in [2.05, 4.69) is 10.3 Å². The number of H-pyrrole nitrogens is 1. The predicted molar refractivity (Wildman–Crippen MR) is 106 cm³/mol. The lowest BCUT2D eigenvalue weighted by Crippen LogP contribution is -2.04. The van der Waals surface area contributed by atoms with Crippen LogP contribution in [-0.4, -0.2) is 29.1 Å². The highest BCUT2D eigenvalue weighted by Crippen LogP contribution is 2.40. The van der Waals surface area contributed by atoms with Crippen LogP contribution in [0.15, 0.2) is 60.7 Å². The van der Waals surface area contributed by atoms with Crippen molar-refractivity contribution in [3.8, 4) is 16.9 Å². The van der Waals surface area contributed by atoms with Gasteiger partial charge in [-0.05, 0) is 41.5 Å². The molecule has 0 atom stereocenters. The van der Waals surface area contributed by atoms with Gasteiger partial charge in [0.1, 0.15) is 11.4 Å². The molecule has 6 nitrogen and oxygen atoms in total. The van der Waals surface area contributed by atoms with Crippen molar-refractivity contribution >= 4 is 23.1 Å². The molecule has 140 valence electrons. The minimum absolute atomic E-state index is 0.128. The highest BCUT2D eigenvalue weighted by Gasteiger charge is 2.27. The van der Waals surface area contributed by atoms with E-state index in [4.69, 9.17) is 9.84 Å². The topological polar surface area (TPSA) is 91.4 Å². The number of allylic oxidation sites excluding steroid dienone is 1. The zero-order chi connectivity index (χ0) is 19.7. The Morgan fingerprint density at radius 3 is 2.57 bits per heavy atom. The quantitative estimate of drug-likeness (QED) is 0.590. The van der Waals surface area contributed by atoms with E-state index in [1.54, 1.807) is 13.2 Å². The maximum Gasteiger partial charge on any atom is 0.352 e. The lowest BCUT2D eigenvalue weighted by Gasteiger charge is -2.09. The van der Waals surface area contributed by atoms with Crippen molar-refractivity contribution in [1.29, 1.82) is 0 Å². The first-order valence-corrected chi connectivity index (χ1v) is 8.77. The number of aromatic amines is 1. The number of methoxy groups -OCH3 is 1. The summed E-state index contributed by atoms with van der Waals surface area (Å²) in [4.78, 5) is 26.4. The lowest BCUT2D eigenvalue weighted by atomic mass is 9.94. The molecule has 28 heavy (non-hydrogen) atoms. The van der Waals surface area contributed by atoms with Gasteiger partial charge in [0.15, 0.2) is 0 Å². The third-order valence-corrected chi connectivity index (χ3v) is 4.73. The molecule has 4 rings (SSSR count). The summed E-state index contributed by atoms with van der Waals surface area (Å²) in [5.41, 5.74) is 4.98. The predicted octanol–water partition coefficient (Wildman–Crippen LogP) is 3.97. The van der Waals surface area contributed by atoms with Gasteiger partial charge in [-0.1, -0.05) is 30.3 Å². The number of hydrogen-bond acceptors (Lipinski definition) is 3. The van der Waals surface area contributed by atoms with E-state index in [-0.39, 0.29) is 11.6 Å². The number of hydrogen-bond donors (Lipinski definition) is 3. The first-order chi connectivity index (χ1) is 13.6. The Morgan fingerprint density at radius 2 is 1.89 bits per heavy atom. The zero-order valence-corrected chi connectivity index (χ0v) is 15.2. The average Bonchev–Trinajstić information content (AvgIpc) is 3.30. The zero-order valence-electron chi connectivity index (χ0n) is 15.2. The molecule has 1 aliphatic heterocycles. The first-order valence-electron chi connectivity index (χ1n) is 8.77. The molecule has 6 heteroatoms. The molecule has 0 saturated carbocycles. The highest BCUT2D eigenvalue weighted by molar-refractivity contribution is 6.33. The van der Waals surface area contributed by atoms with Crippen LogP contribution in [-0.2, 0) is 11.2 Å². The number of rotatable bonds is 5. The smallest absolute Gasteiger partial charge is 0.352 e. The number of ether oxygens (including phenoxy) is 1. The number of carboxylic acid groups (broad SMARTS) is 1. The number of carbonyl (C=O) groups excluding carboxylic acids is 1. The van der Waals surface area contributed by atoms with Gasteiger partial charge >= 0.3 is 5.97 Å². The van der Waals surface area contributed by atoms with E-state index in [0.717, 1.165) is 33.8 Å². The van der Waals surface area contributed by atoms with Crippen molar-refractivity contribution in [3.63, 3.8) is 0 Å². The van der Waals surface area contributed by atoms with E-state index in [1.807, 2.05) is 48.5 Å². The Labute approximate surface area is 161 Å². The van der Waals surface area contributed by atoms with E-state index in [9.17, 15) is 9.59 Å². The maximum absolute atomic E-state index is 12.5. The standard InChI is InChI=1S/C22H18N2O4/c1-28-15-9-5-13(6-10-15)16-3-2-4-18-20(16)17(21(25)24-18)11-7-14-8-12-19(23-14)22(26)27/h2-6,8-12,23H,7H2,1H3,(H,24,25)(H,26,27)/b17-11-. The lowest BCUT2D eigenvalue weighted by molar-refractivity contribution is -0.110. The molecule has 2 aromatic carbocycles. The number of aromatic nitrogens is 1. The third-order valence-electron chi connectivity index (χ3n) is 4.73. The summed E-state index contributed by atoms with van der Waals surface area (Å²) in [7, 11) is 1.62. The largest absolute Gasteiger partial charge is 0.497 e. The van der Waals surface area contributed by atoms with Gasteiger partial charge in [0.05, 0.1) is 7.11 Å². The molecule has 0 saturated heterocycles. The van der Waals surface area contributed by atoms with Crippen LogP contribution in [0.2, 0.25) is 0 Å². The number of aromatic carboxylic acids is 1. The fourth-order valence-electron chi connectivity index (χ4n) is 3.35. The van der Waals surface area contributed by atoms with Crippen LogP contribution >= 0.6 is 0 Å². The van der Waals surface area contributed by atoms with Crippen LogP contribution in [0.3, 0.4) is 0 Å². The fraction of sp³-hybridized carbons (Fsp3) is 0.0909. The van der Waals surface area contributed by atoms with E-state index in [1.165, 1.54) is 6.07 Å². The normalized spacial score (nSPS) is 14.0. The summed E-state index contributed by atoms with van der Waals surface area (Å²) in [5, 5.41) is 11.9. The van der Waals surface area contributed by atoms with Gasteiger partial charge in [-0.3, -0.25) is 4.79 Å². The second-order valence-electron chi connectivity index (χ2n) is 6.44. The third kappa shape index (κ3) is 3.16. The Balaban J connectivity index is 1.71. The van der Waals surface area contributed by atoms with Crippen molar-refractivity contribution in [2.45, 2.75) is 6.42 Å². The van der Waals surface area contributed by atoms with Crippen LogP contribution in [0.5, 0.6) is 5.75 Å². The monoisotopic (exact) mass is 374 g/mol. The number of benzene rings is 2. The Kier molecular flexibility index (Phi) is 4.45. The summed E-state index contributed by atoms with van der Waals surface area (Å²) >= 11 is 0. The Hall–Kier alpha value is -3.80. The van der Waals surface area contributed by atoms with E-state index < -0.39 is 5.97 Å². The summed E-state index contributed by atoms with van der Waals surface area (Å²) in [5.74, 6) is -0.409. The minimum atomic E-state index is -1.01. The van der Waals surface area contributed by atoms with Gasteiger partial charge in [-0.2, -0.15) is 0 Å². The number of fused-ring (bicyclic) bond motifs is 1. The fourth-order valence-corrected chi connectivity index (χ4v) is 3.35. The van der Waals surface area contributed by atoms with Gasteiger partial charge in [-0.25, -0.2) is 4.79 Å². The van der Waals surface area contributed by atoms with Gasteiger partial charge in [-0.15, -0.1) is 0 Å². The summed E-state index contributed by atoms with van der Waals surface area (Å²) < 4.78 is 5.22.